The molecule has 3 rings (SSSR count). The number of terminal acetylenes is 1. The topological polar surface area (TPSA) is 42.0 Å². The molecule has 5 nitrogen and oxygen atoms in total. The molecule has 2 fully saturated rings. The lowest BCUT2D eigenvalue weighted by Crippen LogP contribution is -2.41. The first-order valence-corrected chi connectivity index (χ1v) is 10.0. The fraction of sp³-hybridized carbons (Fsp3) is 0.429. The number of ether oxygens (including phenoxy) is 2. The Bertz CT molecular complexity index is 856. The first-order chi connectivity index (χ1) is 13.5. The SMILES string of the molecule is C#CCOc1c(Cl)cc(/C=C2/C(=O)N(C3CCCCC3)C(=S)N2C)cc1OC. The van der Waals surface area contributed by atoms with Gasteiger partial charge in [0.15, 0.2) is 16.6 Å². The number of hydrogen-bond donors (Lipinski definition) is 0. The molecule has 1 aliphatic heterocycles. The van der Waals surface area contributed by atoms with Crippen molar-refractivity contribution in [1.82, 2.24) is 9.80 Å². The highest BCUT2D eigenvalue weighted by Gasteiger charge is 2.40. The fourth-order valence-corrected chi connectivity index (χ4v) is 4.28. The van der Waals surface area contributed by atoms with Crippen LogP contribution >= 0.6 is 23.8 Å². The van der Waals surface area contributed by atoms with E-state index in [1.807, 2.05) is 7.05 Å². The van der Waals surface area contributed by atoms with Gasteiger partial charge in [0.25, 0.3) is 5.91 Å². The Morgan fingerprint density at radius 3 is 2.71 bits per heavy atom. The van der Waals surface area contributed by atoms with Crippen molar-refractivity contribution < 1.29 is 14.3 Å². The van der Waals surface area contributed by atoms with Crippen molar-refractivity contribution in [2.75, 3.05) is 20.8 Å². The number of rotatable bonds is 5. The molecular weight excluding hydrogens is 396 g/mol. The van der Waals surface area contributed by atoms with E-state index < -0.39 is 0 Å². The molecule has 1 aliphatic carbocycles. The quantitative estimate of drug-likeness (QED) is 0.409. The van der Waals surface area contributed by atoms with E-state index in [1.165, 1.54) is 13.5 Å². The number of benzene rings is 1. The van der Waals surface area contributed by atoms with Crippen molar-refractivity contribution in [3.8, 4) is 23.8 Å². The maximum atomic E-state index is 13.1. The van der Waals surface area contributed by atoms with Gasteiger partial charge in [-0.2, -0.15) is 0 Å². The van der Waals surface area contributed by atoms with Gasteiger partial charge < -0.3 is 14.4 Å². The van der Waals surface area contributed by atoms with Crippen LogP contribution in [0, 0.1) is 12.3 Å². The third-order valence-electron chi connectivity index (χ3n) is 5.09. The molecule has 0 atom stereocenters. The number of nitrogens with zero attached hydrogens (tertiary/aromatic N) is 2. The molecule has 0 spiro atoms. The first-order valence-electron chi connectivity index (χ1n) is 9.24. The predicted molar refractivity (Wildman–Crippen MR) is 114 cm³/mol. The zero-order valence-electron chi connectivity index (χ0n) is 16.0. The van der Waals surface area contributed by atoms with E-state index in [-0.39, 0.29) is 18.6 Å². The summed E-state index contributed by atoms with van der Waals surface area (Å²) >= 11 is 11.9. The second-order valence-corrected chi connectivity index (χ2v) is 7.64. The van der Waals surface area contributed by atoms with Gasteiger partial charge in [0, 0.05) is 13.1 Å². The minimum Gasteiger partial charge on any atom is -0.493 e. The first kappa shape index (κ1) is 20.5. The second kappa shape index (κ2) is 8.85. The summed E-state index contributed by atoms with van der Waals surface area (Å²) in [5, 5.41) is 0.913. The van der Waals surface area contributed by atoms with Crippen LogP contribution < -0.4 is 9.47 Å². The van der Waals surface area contributed by atoms with Crippen LogP contribution in [0.4, 0.5) is 0 Å². The monoisotopic (exact) mass is 418 g/mol. The average molecular weight is 419 g/mol. The van der Waals surface area contributed by atoms with Gasteiger partial charge in [-0.25, -0.2) is 0 Å². The highest BCUT2D eigenvalue weighted by molar-refractivity contribution is 7.80. The van der Waals surface area contributed by atoms with Crippen molar-refractivity contribution in [1.29, 1.82) is 0 Å². The van der Waals surface area contributed by atoms with Crippen molar-refractivity contribution in [3.63, 3.8) is 0 Å². The minimum absolute atomic E-state index is 0.0675. The Hall–Kier alpha value is -2.23. The molecular formula is C21H23ClN2O3S. The third kappa shape index (κ3) is 3.96. The Morgan fingerprint density at radius 1 is 1.36 bits per heavy atom. The molecule has 1 saturated carbocycles. The lowest BCUT2D eigenvalue weighted by atomic mass is 9.94. The number of hydrogen-bond acceptors (Lipinski definition) is 4. The standard InChI is InChI=1S/C21H23ClN2O3S/c1-4-10-27-19-16(22)11-14(13-18(19)26-3)12-17-20(25)24(21(28)23(17)2)15-8-6-5-7-9-15/h1,11-13,15H,5-10H2,2-3H3/b17-12-. The van der Waals surface area contributed by atoms with Crippen LogP contribution in [-0.4, -0.2) is 47.6 Å². The van der Waals surface area contributed by atoms with E-state index in [0.29, 0.717) is 27.3 Å². The number of thiocarbonyl (C=S) groups is 1. The van der Waals surface area contributed by atoms with Crippen LogP contribution in [0.5, 0.6) is 11.5 Å². The summed E-state index contributed by atoms with van der Waals surface area (Å²) in [6, 6.07) is 3.66. The van der Waals surface area contributed by atoms with Gasteiger partial charge in [0.2, 0.25) is 0 Å². The number of carbonyl (C=O) groups is 1. The molecule has 148 valence electrons. The average Bonchev–Trinajstić information content (AvgIpc) is 2.90. The van der Waals surface area contributed by atoms with E-state index in [2.05, 4.69) is 5.92 Å². The highest BCUT2D eigenvalue weighted by Crippen LogP contribution is 2.38. The minimum atomic E-state index is -0.0675. The smallest absolute Gasteiger partial charge is 0.277 e. The van der Waals surface area contributed by atoms with Gasteiger partial charge in [-0.3, -0.25) is 9.69 Å². The van der Waals surface area contributed by atoms with Crippen LogP contribution in [-0.2, 0) is 4.79 Å². The maximum absolute atomic E-state index is 13.1. The van der Waals surface area contributed by atoms with Crippen LogP contribution in [0.3, 0.4) is 0 Å². The molecule has 0 N–H and O–H groups in total. The van der Waals surface area contributed by atoms with Crippen LogP contribution in [0.1, 0.15) is 37.7 Å². The Labute approximate surface area is 176 Å². The second-order valence-electron chi connectivity index (χ2n) is 6.87. The summed E-state index contributed by atoms with van der Waals surface area (Å²) in [4.78, 5) is 16.6. The summed E-state index contributed by atoms with van der Waals surface area (Å²) < 4.78 is 10.8. The number of methoxy groups -OCH3 is 1. The fourth-order valence-electron chi connectivity index (χ4n) is 3.67. The van der Waals surface area contributed by atoms with Gasteiger partial charge in [0.1, 0.15) is 12.3 Å². The maximum Gasteiger partial charge on any atom is 0.277 e. The van der Waals surface area contributed by atoms with Crippen molar-refractivity contribution >= 4 is 40.9 Å². The van der Waals surface area contributed by atoms with Crippen LogP contribution in [0.15, 0.2) is 17.8 Å². The summed E-state index contributed by atoms with van der Waals surface area (Å²) in [5.74, 6) is 3.17. The number of likely N-dealkylation sites (N-methyl/N-ethyl adjacent to an activating group) is 1. The molecule has 7 heteroatoms. The Morgan fingerprint density at radius 2 is 2.07 bits per heavy atom. The normalized spacial score (nSPS) is 19.3. The highest BCUT2D eigenvalue weighted by atomic mass is 35.5. The summed E-state index contributed by atoms with van der Waals surface area (Å²) in [6.45, 7) is 0.0857. The zero-order valence-corrected chi connectivity index (χ0v) is 17.6. The number of halogens is 1. The van der Waals surface area contributed by atoms with Crippen molar-refractivity contribution in [3.05, 3.63) is 28.4 Å². The van der Waals surface area contributed by atoms with E-state index >= 15 is 0 Å². The zero-order chi connectivity index (χ0) is 20.3. The van der Waals surface area contributed by atoms with Crippen molar-refractivity contribution in [2.24, 2.45) is 0 Å². The van der Waals surface area contributed by atoms with Gasteiger partial charge in [0.05, 0.1) is 12.1 Å². The molecule has 1 heterocycles. The third-order valence-corrected chi connectivity index (χ3v) is 5.84. The van der Waals surface area contributed by atoms with E-state index in [4.69, 9.17) is 39.7 Å². The predicted octanol–water partition coefficient (Wildman–Crippen LogP) is 4.09. The molecule has 0 unspecified atom stereocenters. The van der Waals surface area contributed by atoms with E-state index in [9.17, 15) is 4.79 Å². The summed E-state index contributed by atoms with van der Waals surface area (Å²) in [6.07, 6.45) is 12.5. The largest absolute Gasteiger partial charge is 0.493 e. The van der Waals surface area contributed by atoms with Crippen LogP contribution in [0.2, 0.25) is 5.02 Å². The molecule has 1 aromatic rings. The summed E-state index contributed by atoms with van der Waals surface area (Å²) in [7, 11) is 3.34. The van der Waals surface area contributed by atoms with Crippen LogP contribution in [0.25, 0.3) is 6.08 Å². The lowest BCUT2D eigenvalue weighted by molar-refractivity contribution is -0.124. The molecule has 28 heavy (non-hydrogen) atoms. The van der Waals surface area contributed by atoms with Gasteiger partial charge >= 0.3 is 0 Å². The molecule has 0 aromatic heterocycles. The Kier molecular flexibility index (Phi) is 6.48. The molecule has 0 radical (unpaired) electrons. The molecule has 1 amide bonds. The van der Waals surface area contributed by atoms with Gasteiger partial charge in [-0.1, -0.05) is 36.8 Å². The van der Waals surface area contributed by atoms with Gasteiger partial charge in [-0.05, 0) is 48.8 Å². The Balaban J connectivity index is 1.92. The number of carbonyl (C=O) groups excluding carboxylic acids is 1. The van der Waals surface area contributed by atoms with E-state index in [0.717, 1.165) is 31.2 Å². The summed E-state index contributed by atoms with van der Waals surface area (Å²) in [5.41, 5.74) is 1.24. The number of amides is 1. The molecule has 1 saturated heterocycles. The molecule has 1 aromatic carbocycles. The van der Waals surface area contributed by atoms with E-state index in [1.54, 1.807) is 28.0 Å². The molecule has 2 aliphatic rings. The van der Waals surface area contributed by atoms with Crippen molar-refractivity contribution in [2.45, 2.75) is 38.1 Å². The van der Waals surface area contributed by atoms with Gasteiger partial charge in [-0.15, -0.1) is 6.42 Å². The molecule has 0 bridgehead atoms. The lowest BCUT2D eigenvalue weighted by Gasteiger charge is -2.30.